The Bertz CT molecular complexity index is 1150. The van der Waals surface area contributed by atoms with E-state index in [-0.39, 0.29) is 24.4 Å². The SMILES string of the molecule is NC(=O)CCn1nnnc1SCC1=C(C(=O)O)N2C(=O)C(NC(=O)C(N)C3=CCC=CC3)[C@H]2SC1. The summed E-state index contributed by atoms with van der Waals surface area (Å²) in [5.41, 5.74) is 12.5. The van der Waals surface area contributed by atoms with Crippen LogP contribution in [-0.2, 0) is 25.7 Å². The zero-order valence-corrected chi connectivity index (χ0v) is 20.1. The van der Waals surface area contributed by atoms with Crippen molar-refractivity contribution in [3.05, 3.63) is 35.1 Å². The zero-order chi connectivity index (χ0) is 25.1. The molecule has 6 N–H and O–H groups in total. The Morgan fingerprint density at radius 2 is 2.14 bits per heavy atom. The molecule has 3 heterocycles. The summed E-state index contributed by atoms with van der Waals surface area (Å²) >= 11 is 2.57. The molecule has 35 heavy (non-hydrogen) atoms. The van der Waals surface area contributed by atoms with Gasteiger partial charge >= 0.3 is 5.97 Å². The fourth-order valence-electron chi connectivity index (χ4n) is 3.89. The topological polar surface area (TPSA) is 199 Å². The lowest BCUT2D eigenvalue weighted by Crippen LogP contribution is -2.71. The Labute approximate surface area is 208 Å². The number of hydrogen-bond acceptors (Lipinski definition) is 10. The standard InChI is InChI=1S/C20H24N8O5S2/c21-12(29)6-7-27-20(24-25-26-27)35-9-11-8-34-18-14(17(31)28(18)15(11)19(32)33)23-16(30)13(22)10-4-2-1-3-5-10/h1-2,5,13-14,18H,3-4,6-9,22H2,(H2,21,29)(H,23,30)(H,32,33)/t13?,14?,18-/m1/s1. The van der Waals surface area contributed by atoms with Gasteiger partial charge in [-0.15, -0.1) is 16.9 Å². The average molecular weight is 521 g/mol. The van der Waals surface area contributed by atoms with Gasteiger partial charge in [0.2, 0.25) is 17.0 Å². The number of nitrogens with two attached hydrogens (primary N) is 2. The normalized spacial score (nSPS) is 22.3. The first kappa shape index (κ1) is 24.9. The Balaban J connectivity index is 1.42. The maximum absolute atomic E-state index is 12.9. The van der Waals surface area contributed by atoms with Crippen LogP contribution in [0.2, 0.25) is 0 Å². The maximum Gasteiger partial charge on any atom is 0.352 e. The minimum Gasteiger partial charge on any atom is -0.477 e. The number of tetrazole rings is 1. The monoisotopic (exact) mass is 520 g/mol. The van der Waals surface area contributed by atoms with Gasteiger partial charge < -0.3 is 21.9 Å². The molecule has 3 amide bonds. The minimum atomic E-state index is -1.23. The molecule has 13 nitrogen and oxygen atoms in total. The summed E-state index contributed by atoms with van der Waals surface area (Å²) in [4.78, 5) is 49.8. The van der Waals surface area contributed by atoms with Gasteiger partial charge in [0.05, 0.1) is 6.54 Å². The molecule has 1 fully saturated rings. The number of carboxylic acids is 1. The average Bonchev–Trinajstić information content (AvgIpc) is 3.31. The number of thioether (sulfide) groups is 2. The summed E-state index contributed by atoms with van der Waals surface area (Å²) < 4.78 is 1.41. The lowest BCUT2D eigenvalue weighted by molar-refractivity contribution is -0.150. The Kier molecular flexibility index (Phi) is 7.57. The number of aromatic nitrogens is 4. The highest BCUT2D eigenvalue weighted by Gasteiger charge is 2.54. The third-order valence-corrected chi connectivity index (χ3v) is 8.09. The van der Waals surface area contributed by atoms with E-state index in [0.29, 0.717) is 29.3 Å². The molecule has 4 rings (SSSR count). The van der Waals surface area contributed by atoms with E-state index in [4.69, 9.17) is 11.5 Å². The van der Waals surface area contributed by atoms with Crippen molar-refractivity contribution in [1.29, 1.82) is 0 Å². The highest BCUT2D eigenvalue weighted by molar-refractivity contribution is 8.01. The van der Waals surface area contributed by atoms with E-state index in [1.807, 2.05) is 18.2 Å². The number of β-lactam (4-membered cyclic amide) rings is 1. The number of primary amides is 1. The Hall–Kier alpha value is -3.17. The smallest absolute Gasteiger partial charge is 0.352 e. The summed E-state index contributed by atoms with van der Waals surface area (Å²) in [6, 6.07) is -1.71. The first-order chi connectivity index (χ1) is 16.8. The first-order valence-electron chi connectivity index (χ1n) is 10.7. The van der Waals surface area contributed by atoms with E-state index < -0.39 is 41.1 Å². The van der Waals surface area contributed by atoms with Gasteiger partial charge in [-0.2, -0.15) is 0 Å². The molecular formula is C20H24N8O5S2. The van der Waals surface area contributed by atoms with Crippen molar-refractivity contribution in [2.75, 3.05) is 11.5 Å². The van der Waals surface area contributed by atoms with Gasteiger partial charge in [0.25, 0.3) is 5.91 Å². The maximum atomic E-state index is 12.9. The van der Waals surface area contributed by atoms with E-state index >= 15 is 0 Å². The lowest BCUT2D eigenvalue weighted by atomic mass is 9.97. The van der Waals surface area contributed by atoms with Crippen molar-refractivity contribution in [2.45, 2.75) is 48.4 Å². The molecule has 3 aliphatic rings. The Morgan fingerprint density at radius 3 is 2.83 bits per heavy atom. The highest BCUT2D eigenvalue weighted by atomic mass is 32.2. The molecule has 2 unspecified atom stereocenters. The molecule has 186 valence electrons. The van der Waals surface area contributed by atoms with Crippen LogP contribution in [0.15, 0.2) is 40.2 Å². The van der Waals surface area contributed by atoms with Crippen LogP contribution in [0.5, 0.6) is 0 Å². The number of carboxylic acid groups (broad SMARTS) is 1. The number of nitrogens with zero attached hydrogens (tertiary/aromatic N) is 5. The molecule has 0 radical (unpaired) electrons. The number of hydrogen-bond donors (Lipinski definition) is 4. The molecule has 1 saturated heterocycles. The second-order valence-electron chi connectivity index (χ2n) is 8.01. The molecule has 0 saturated carbocycles. The summed E-state index contributed by atoms with van der Waals surface area (Å²) in [6.07, 6.45) is 7.17. The fourth-order valence-corrected chi connectivity index (χ4v) is 6.27. The van der Waals surface area contributed by atoms with Gasteiger partial charge in [-0.1, -0.05) is 30.0 Å². The van der Waals surface area contributed by atoms with E-state index in [0.717, 1.165) is 5.57 Å². The van der Waals surface area contributed by atoms with Crippen LogP contribution in [0.3, 0.4) is 0 Å². The molecule has 0 aromatic carbocycles. The predicted octanol–water partition coefficient (Wildman–Crippen LogP) is -1.02. The van der Waals surface area contributed by atoms with E-state index in [1.165, 1.54) is 33.1 Å². The largest absolute Gasteiger partial charge is 0.477 e. The highest BCUT2D eigenvalue weighted by Crippen LogP contribution is 2.41. The van der Waals surface area contributed by atoms with Crippen molar-refractivity contribution >= 4 is 47.2 Å². The van der Waals surface area contributed by atoms with Crippen molar-refractivity contribution in [3.63, 3.8) is 0 Å². The van der Waals surface area contributed by atoms with Crippen LogP contribution >= 0.6 is 23.5 Å². The second kappa shape index (κ2) is 10.6. The number of carbonyl (C=O) groups excluding carboxylic acids is 3. The minimum absolute atomic E-state index is 0.0617. The number of aryl methyl sites for hydroxylation is 1. The molecule has 1 aliphatic carbocycles. The van der Waals surface area contributed by atoms with Crippen LogP contribution in [-0.4, -0.2) is 82.9 Å². The van der Waals surface area contributed by atoms with E-state index in [1.54, 1.807) is 0 Å². The summed E-state index contributed by atoms with van der Waals surface area (Å²) in [6.45, 7) is 0.202. The van der Waals surface area contributed by atoms with Gasteiger partial charge in [-0.25, -0.2) is 9.48 Å². The van der Waals surface area contributed by atoms with Gasteiger partial charge in [0.1, 0.15) is 23.2 Å². The van der Waals surface area contributed by atoms with Crippen molar-refractivity contribution < 1.29 is 24.3 Å². The van der Waals surface area contributed by atoms with Crippen LogP contribution in [0.4, 0.5) is 0 Å². The molecule has 0 bridgehead atoms. The molecule has 15 heteroatoms. The number of allylic oxidation sites excluding steroid dienone is 3. The number of nitrogens with one attached hydrogen (secondary N) is 1. The molecule has 2 aliphatic heterocycles. The zero-order valence-electron chi connectivity index (χ0n) is 18.5. The molecule has 0 spiro atoms. The number of amides is 3. The molecule has 1 aromatic heterocycles. The third kappa shape index (κ3) is 5.26. The van der Waals surface area contributed by atoms with Gasteiger partial charge in [-0.05, 0) is 34.4 Å². The molecule has 3 atom stereocenters. The number of rotatable bonds is 10. The second-order valence-corrected chi connectivity index (χ2v) is 10.1. The summed E-state index contributed by atoms with van der Waals surface area (Å²) in [7, 11) is 0. The predicted molar refractivity (Wildman–Crippen MR) is 126 cm³/mol. The van der Waals surface area contributed by atoms with E-state index in [9.17, 15) is 24.3 Å². The van der Waals surface area contributed by atoms with Gasteiger partial charge in [0, 0.05) is 17.9 Å². The van der Waals surface area contributed by atoms with Crippen molar-refractivity contribution in [2.24, 2.45) is 11.5 Å². The van der Waals surface area contributed by atoms with Crippen LogP contribution in [0, 0.1) is 0 Å². The fraction of sp³-hybridized carbons (Fsp3) is 0.450. The first-order valence-corrected chi connectivity index (χ1v) is 12.8. The number of aliphatic carboxylic acids is 1. The van der Waals surface area contributed by atoms with Crippen LogP contribution < -0.4 is 16.8 Å². The van der Waals surface area contributed by atoms with Gasteiger partial charge in [-0.3, -0.25) is 19.3 Å². The summed E-state index contributed by atoms with van der Waals surface area (Å²) in [5, 5.41) is 23.7. The number of fused-ring (bicyclic) bond motifs is 1. The molecule has 1 aromatic rings. The van der Waals surface area contributed by atoms with E-state index in [2.05, 4.69) is 20.8 Å². The number of carbonyl (C=O) groups is 4. The van der Waals surface area contributed by atoms with Gasteiger partial charge in [0.15, 0.2) is 0 Å². The lowest BCUT2D eigenvalue weighted by Gasteiger charge is -2.49. The van der Waals surface area contributed by atoms with Crippen molar-refractivity contribution in [3.8, 4) is 0 Å². The summed E-state index contributed by atoms with van der Waals surface area (Å²) in [5.74, 6) is -2.10. The Morgan fingerprint density at radius 1 is 1.34 bits per heavy atom. The van der Waals surface area contributed by atoms with Crippen molar-refractivity contribution in [1.82, 2.24) is 30.4 Å². The quantitative estimate of drug-likeness (QED) is 0.167. The molecular weight excluding hydrogens is 496 g/mol. The third-order valence-electron chi connectivity index (χ3n) is 5.71. The van der Waals surface area contributed by atoms with Crippen LogP contribution in [0.25, 0.3) is 0 Å². The van der Waals surface area contributed by atoms with Crippen LogP contribution in [0.1, 0.15) is 19.3 Å².